The van der Waals surface area contributed by atoms with Crippen LogP contribution in [0.2, 0.25) is 0 Å². The summed E-state index contributed by atoms with van der Waals surface area (Å²) in [4.78, 5) is 4.38. The van der Waals surface area contributed by atoms with Gasteiger partial charge in [-0.1, -0.05) is 30.6 Å². The summed E-state index contributed by atoms with van der Waals surface area (Å²) in [6.07, 6.45) is 6.63. The molecule has 0 saturated heterocycles. The van der Waals surface area contributed by atoms with Crippen LogP contribution in [0.5, 0.6) is 0 Å². The van der Waals surface area contributed by atoms with E-state index in [1.807, 2.05) is 0 Å². The van der Waals surface area contributed by atoms with Crippen LogP contribution in [0.1, 0.15) is 43.7 Å². The van der Waals surface area contributed by atoms with Gasteiger partial charge in [0.2, 0.25) is 0 Å². The molecule has 0 aliphatic heterocycles. The van der Waals surface area contributed by atoms with Gasteiger partial charge in [-0.15, -0.1) is 0 Å². The minimum absolute atomic E-state index is 0.650. The molecule has 1 aromatic rings. The maximum atomic E-state index is 5.66. The van der Waals surface area contributed by atoms with Crippen molar-refractivity contribution in [3.8, 4) is 0 Å². The summed E-state index contributed by atoms with van der Waals surface area (Å²) in [5.74, 6) is 0.650. The third-order valence-electron chi connectivity index (χ3n) is 2.62. The van der Waals surface area contributed by atoms with Gasteiger partial charge in [0, 0.05) is 5.92 Å². The number of hydrogen-bond donors (Lipinski definition) is 1. The van der Waals surface area contributed by atoms with Crippen LogP contribution in [-0.4, -0.2) is 4.98 Å². The van der Waals surface area contributed by atoms with Crippen molar-refractivity contribution in [3.63, 3.8) is 0 Å². The lowest BCUT2D eigenvalue weighted by Crippen LogP contribution is -2.05. The van der Waals surface area contributed by atoms with Gasteiger partial charge in [-0.2, -0.15) is 0 Å². The molecule has 1 aliphatic rings. The highest BCUT2D eigenvalue weighted by Crippen LogP contribution is 2.38. The lowest BCUT2D eigenvalue weighted by atomic mass is 9.87. The first-order chi connectivity index (χ1) is 6.27. The van der Waals surface area contributed by atoms with E-state index in [0.717, 1.165) is 3.79 Å². The van der Waals surface area contributed by atoms with E-state index in [-0.39, 0.29) is 0 Å². The van der Waals surface area contributed by atoms with Gasteiger partial charge >= 0.3 is 0 Å². The summed E-state index contributed by atoms with van der Waals surface area (Å²) in [7, 11) is 0. The van der Waals surface area contributed by atoms with E-state index in [2.05, 4.69) is 20.9 Å². The molecule has 0 radical (unpaired) electrons. The molecule has 13 heavy (non-hydrogen) atoms. The van der Waals surface area contributed by atoms with Crippen molar-refractivity contribution in [2.45, 2.75) is 38.0 Å². The Labute approximate surface area is 90.7 Å². The highest BCUT2D eigenvalue weighted by atomic mass is 79.9. The van der Waals surface area contributed by atoms with Gasteiger partial charge in [0.05, 0.1) is 9.48 Å². The SMILES string of the molecule is Nc1nc(C2CCCCC2)c(Br)s1. The second-order valence-corrected chi connectivity index (χ2v) is 5.89. The fraction of sp³-hybridized carbons (Fsp3) is 0.667. The Morgan fingerprint density at radius 3 is 2.54 bits per heavy atom. The number of aromatic nitrogens is 1. The van der Waals surface area contributed by atoms with Crippen LogP contribution in [0, 0.1) is 0 Å². The van der Waals surface area contributed by atoms with E-state index < -0.39 is 0 Å². The maximum absolute atomic E-state index is 5.66. The molecule has 2 nitrogen and oxygen atoms in total. The smallest absolute Gasteiger partial charge is 0.181 e. The molecule has 4 heteroatoms. The number of thiazole rings is 1. The Balaban J connectivity index is 2.18. The van der Waals surface area contributed by atoms with E-state index in [0.29, 0.717) is 11.0 Å². The van der Waals surface area contributed by atoms with Crippen molar-refractivity contribution in [2.75, 3.05) is 5.73 Å². The molecule has 1 fully saturated rings. The summed E-state index contributed by atoms with van der Waals surface area (Å²) >= 11 is 5.07. The first-order valence-electron chi connectivity index (χ1n) is 4.69. The number of nitrogens with zero attached hydrogens (tertiary/aromatic N) is 1. The standard InChI is InChI=1S/C9H13BrN2S/c10-8-7(12-9(11)13-8)6-4-2-1-3-5-6/h6H,1-5H2,(H2,11,12). The summed E-state index contributed by atoms with van der Waals surface area (Å²) in [6, 6.07) is 0. The van der Waals surface area contributed by atoms with E-state index in [9.17, 15) is 0 Å². The van der Waals surface area contributed by atoms with Crippen molar-refractivity contribution in [1.82, 2.24) is 4.98 Å². The van der Waals surface area contributed by atoms with Crippen LogP contribution < -0.4 is 5.73 Å². The van der Waals surface area contributed by atoms with Gasteiger partial charge < -0.3 is 5.73 Å². The van der Waals surface area contributed by atoms with E-state index >= 15 is 0 Å². The molecule has 0 bridgehead atoms. The third-order valence-corrected chi connectivity index (χ3v) is 4.20. The number of nitrogens with two attached hydrogens (primary N) is 1. The minimum Gasteiger partial charge on any atom is -0.375 e. The van der Waals surface area contributed by atoms with Crippen molar-refractivity contribution in [3.05, 3.63) is 9.48 Å². The number of anilines is 1. The maximum Gasteiger partial charge on any atom is 0.181 e. The molecule has 2 N–H and O–H groups in total. The second kappa shape index (κ2) is 3.96. The first kappa shape index (κ1) is 9.46. The average Bonchev–Trinajstić information content (AvgIpc) is 2.47. The fourth-order valence-corrected chi connectivity index (χ4v) is 3.51. The zero-order chi connectivity index (χ0) is 9.26. The monoisotopic (exact) mass is 260 g/mol. The Bertz CT molecular complexity index is 292. The largest absolute Gasteiger partial charge is 0.375 e. The van der Waals surface area contributed by atoms with Crippen LogP contribution in [-0.2, 0) is 0 Å². The molecule has 2 rings (SSSR count). The fourth-order valence-electron chi connectivity index (χ4n) is 1.96. The third kappa shape index (κ3) is 2.05. The zero-order valence-electron chi connectivity index (χ0n) is 7.42. The predicted molar refractivity (Wildman–Crippen MR) is 60.1 cm³/mol. The van der Waals surface area contributed by atoms with Gasteiger partial charge in [0.1, 0.15) is 0 Å². The van der Waals surface area contributed by atoms with Gasteiger partial charge in [0.25, 0.3) is 0 Å². The second-order valence-electron chi connectivity index (χ2n) is 3.55. The molecule has 0 aromatic carbocycles. The quantitative estimate of drug-likeness (QED) is 0.839. The van der Waals surface area contributed by atoms with Crippen molar-refractivity contribution < 1.29 is 0 Å². The summed E-state index contributed by atoms with van der Waals surface area (Å²) in [5.41, 5.74) is 6.86. The Hall–Kier alpha value is -0.0900. The molecule has 1 saturated carbocycles. The van der Waals surface area contributed by atoms with Crippen molar-refractivity contribution in [2.24, 2.45) is 0 Å². The van der Waals surface area contributed by atoms with E-state index in [1.54, 1.807) is 11.3 Å². The highest BCUT2D eigenvalue weighted by Gasteiger charge is 2.20. The number of rotatable bonds is 1. The molecule has 0 atom stereocenters. The van der Waals surface area contributed by atoms with E-state index in [1.165, 1.54) is 37.8 Å². The summed E-state index contributed by atoms with van der Waals surface area (Å²) in [5, 5.41) is 0.687. The summed E-state index contributed by atoms with van der Waals surface area (Å²) < 4.78 is 1.14. The molecule has 1 aliphatic carbocycles. The highest BCUT2D eigenvalue weighted by molar-refractivity contribution is 9.11. The van der Waals surface area contributed by atoms with Crippen LogP contribution in [0.4, 0.5) is 5.13 Å². The van der Waals surface area contributed by atoms with E-state index in [4.69, 9.17) is 5.73 Å². The van der Waals surface area contributed by atoms with Crippen LogP contribution in [0.15, 0.2) is 3.79 Å². The van der Waals surface area contributed by atoms with Gasteiger partial charge in [0.15, 0.2) is 5.13 Å². The normalized spacial score (nSPS) is 19.2. The molecule has 0 amide bonds. The predicted octanol–water partition coefficient (Wildman–Crippen LogP) is 3.54. The van der Waals surface area contributed by atoms with Crippen LogP contribution in [0.25, 0.3) is 0 Å². The number of nitrogen functional groups attached to an aromatic ring is 1. The lowest BCUT2D eigenvalue weighted by Gasteiger charge is -2.19. The first-order valence-corrected chi connectivity index (χ1v) is 6.30. The number of halogens is 1. The molecule has 0 unspecified atom stereocenters. The topological polar surface area (TPSA) is 38.9 Å². The molecule has 1 heterocycles. The van der Waals surface area contributed by atoms with Gasteiger partial charge in [-0.25, -0.2) is 4.98 Å². The van der Waals surface area contributed by atoms with Crippen LogP contribution >= 0.6 is 27.3 Å². The minimum atomic E-state index is 0.650. The Morgan fingerprint density at radius 2 is 2.00 bits per heavy atom. The molecule has 72 valence electrons. The van der Waals surface area contributed by atoms with Gasteiger partial charge in [-0.05, 0) is 28.8 Å². The average molecular weight is 261 g/mol. The molecular formula is C9H13BrN2S. The summed E-state index contributed by atoms with van der Waals surface area (Å²) in [6.45, 7) is 0. The van der Waals surface area contributed by atoms with Crippen molar-refractivity contribution in [1.29, 1.82) is 0 Å². The lowest BCUT2D eigenvalue weighted by molar-refractivity contribution is 0.437. The molecule has 1 aromatic heterocycles. The van der Waals surface area contributed by atoms with Crippen LogP contribution in [0.3, 0.4) is 0 Å². The Kier molecular flexibility index (Phi) is 2.89. The van der Waals surface area contributed by atoms with Crippen molar-refractivity contribution >= 4 is 32.4 Å². The zero-order valence-corrected chi connectivity index (χ0v) is 9.83. The Morgan fingerprint density at radius 1 is 1.31 bits per heavy atom. The molecule has 0 spiro atoms. The van der Waals surface area contributed by atoms with Gasteiger partial charge in [-0.3, -0.25) is 0 Å². The molecular weight excluding hydrogens is 248 g/mol. The number of hydrogen-bond acceptors (Lipinski definition) is 3.